The molecule has 3 aromatic heterocycles. The van der Waals surface area contributed by atoms with Gasteiger partial charge in [-0.3, -0.25) is 9.59 Å². The highest BCUT2D eigenvalue weighted by atomic mass is 16.5. The van der Waals surface area contributed by atoms with Gasteiger partial charge < -0.3 is 54.4 Å². The van der Waals surface area contributed by atoms with E-state index in [1.165, 1.54) is 4.68 Å². The maximum atomic E-state index is 14.2. The molecule has 0 saturated carbocycles. The molecule has 1 aromatic carbocycles. The summed E-state index contributed by atoms with van der Waals surface area (Å²) in [7, 11) is 0. The van der Waals surface area contributed by atoms with Crippen molar-refractivity contribution in [3.05, 3.63) is 53.6 Å². The van der Waals surface area contributed by atoms with E-state index in [9.17, 15) is 24.9 Å². The molecule has 6 rings (SSSR count). The highest BCUT2D eigenvalue weighted by Gasteiger charge is 2.32. The van der Waals surface area contributed by atoms with Gasteiger partial charge in [-0.25, -0.2) is 9.36 Å². The molecule has 1 atom stereocenters. The Morgan fingerprint density at radius 1 is 0.754 bits per heavy atom. The van der Waals surface area contributed by atoms with E-state index in [1.54, 1.807) is 51.1 Å². The summed E-state index contributed by atoms with van der Waals surface area (Å²) in [6.07, 6.45) is 9.56. The monoisotopic (exact) mass is 846 g/mol. The maximum Gasteiger partial charge on any atom is 0.247 e. The number of phenolic OH excluding ortho intramolecular Hbond substituents is 1. The summed E-state index contributed by atoms with van der Waals surface area (Å²) >= 11 is 0. The van der Waals surface area contributed by atoms with Gasteiger partial charge in [0.2, 0.25) is 29.7 Å². The average molecular weight is 847 g/mol. The van der Waals surface area contributed by atoms with E-state index in [4.69, 9.17) is 35.6 Å². The number of nitrogens with zero attached hydrogens (tertiary/aromatic N) is 13. The first-order valence-electron chi connectivity index (χ1n) is 20.4. The number of aromatic hydroxyl groups is 1. The minimum absolute atomic E-state index is 0.0441. The molecule has 2 aliphatic heterocycles. The number of aliphatic hydroxyl groups excluding tert-OH is 2. The summed E-state index contributed by atoms with van der Waals surface area (Å²) in [5, 5.41) is 48.1. The minimum atomic E-state index is -0.692. The van der Waals surface area contributed by atoms with Gasteiger partial charge in [-0.1, -0.05) is 28.5 Å². The second-order valence-electron chi connectivity index (χ2n) is 14.3. The molecule has 4 N–H and O–H groups in total. The molecule has 0 radical (unpaired) electrons. The lowest BCUT2D eigenvalue weighted by Crippen LogP contribution is -2.52. The number of benzene rings is 1. The third kappa shape index (κ3) is 13.2. The lowest BCUT2D eigenvalue weighted by atomic mass is 10.0. The minimum Gasteiger partial charge on any atom is -0.508 e. The topological polar surface area (TPSA) is 248 Å². The van der Waals surface area contributed by atoms with Crippen molar-refractivity contribution in [2.45, 2.75) is 31.8 Å². The number of carbonyl (C=O) groups is 2. The van der Waals surface area contributed by atoms with Gasteiger partial charge in [-0.15, -0.1) is 16.6 Å². The van der Waals surface area contributed by atoms with E-state index < -0.39 is 6.04 Å². The predicted octanol–water partition coefficient (Wildman–Crippen LogP) is -1.59. The summed E-state index contributed by atoms with van der Waals surface area (Å²) < 4.78 is 19.5. The number of hydrogen-bond acceptors (Lipinski definition) is 18. The average Bonchev–Trinajstić information content (AvgIpc) is 3.94. The van der Waals surface area contributed by atoms with Crippen LogP contribution >= 0.6 is 0 Å². The van der Waals surface area contributed by atoms with Gasteiger partial charge in [0.15, 0.2) is 0 Å². The fourth-order valence-corrected chi connectivity index (χ4v) is 6.74. The third-order valence-corrected chi connectivity index (χ3v) is 10.0. The number of ether oxygens (including phenoxy) is 3. The Kier molecular flexibility index (Phi) is 16.9. The first kappa shape index (κ1) is 44.6. The molecule has 0 bridgehead atoms. The highest BCUT2D eigenvalue weighted by Crippen LogP contribution is 2.23. The van der Waals surface area contributed by atoms with Crippen LogP contribution in [0.25, 0.3) is 0 Å². The largest absolute Gasteiger partial charge is 0.508 e. The number of amides is 2. The van der Waals surface area contributed by atoms with Crippen LogP contribution in [0.2, 0.25) is 0 Å². The molecule has 2 amide bonds. The number of nitrogens with one attached hydrogen (secondary N) is 1. The second-order valence-corrected chi connectivity index (χ2v) is 14.3. The van der Waals surface area contributed by atoms with E-state index >= 15 is 0 Å². The molecule has 2 aliphatic rings. The molecular formula is C39H54N14O8. The number of hydrogen-bond donors (Lipinski definition) is 4. The van der Waals surface area contributed by atoms with E-state index in [0.29, 0.717) is 140 Å². The molecule has 5 heterocycles. The molecule has 2 fully saturated rings. The van der Waals surface area contributed by atoms with Crippen molar-refractivity contribution in [1.29, 1.82) is 0 Å². The fraction of sp³-hybridized carbons (Fsp3) is 0.564. The summed E-state index contributed by atoms with van der Waals surface area (Å²) in [6, 6.07) is 6.03. The van der Waals surface area contributed by atoms with Gasteiger partial charge >= 0.3 is 0 Å². The number of piperazine rings is 2. The van der Waals surface area contributed by atoms with Crippen LogP contribution in [0.3, 0.4) is 0 Å². The Morgan fingerprint density at radius 3 is 1.98 bits per heavy atom. The van der Waals surface area contributed by atoms with Crippen LogP contribution in [0.15, 0.2) is 36.7 Å². The van der Waals surface area contributed by atoms with Crippen LogP contribution in [-0.2, 0) is 49.6 Å². The first-order valence-corrected chi connectivity index (χ1v) is 20.4. The number of aromatic nitrogens is 9. The molecule has 0 spiro atoms. The van der Waals surface area contributed by atoms with Crippen molar-refractivity contribution in [3.8, 4) is 18.1 Å². The molecule has 22 nitrogen and oxygen atoms in total. The summed E-state index contributed by atoms with van der Waals surface area (Å²) in [5.41, 5.74) is 2.05. The highest BCUT2D eigenvalue weighted by molar-refractivity contribution is 5.81. The van der Waals surface area contributed by atoms with Crippen LogP contribution in [0, 0.1) is 12.3 Å². The molecular weight excluding hydrogens is 793 g/mol. The Labute approximate surface area is 353 Å². The molecule has 1 unspecified atom stereocenters. The van der Waals surface area contributed by atoms with Crippen LogP contribution < -0.4 is 15.1 Å². The Bertz CT molecular complexity index is 2010. The SMILES string of the molecule is C#CCOCCOCCOCCNc1nc(N2CCN(C(=O)Cn3cc(CCO)nn3)CC2)nc(N2CCN(C(=O)C(Cc3ccc(O)cc3)n3cc(CCO)nn3)CC2)n1. The number of aliphatic hydroxyl groups is 2. The second kappa shape index (κ2) is 23.1. The van der Waals surface area contributed by atoms with Crippen LogP contribution in [-0.4, -0.2) is 194 Å². The van der Waals surface area contributed by atoms with E-state index in [1.807, 2.05) is 9.80 Å². The van der Waals surface area contributed by atoms with Crippen molar-refractivity contribution >= 4 is 29.7 Å². The number of carbonyl (C=O) groups excluding carboxylic acids is 2. The molecule has 0 aliphatic carbocycles. The lowest BCUT2D eigenvalue weighted by molar-refractivity contribution is -0.135. The van der Waals surface area contributed by atoms with Crippen molar-refractivity contribution in [1.82, 2.24) is 54.7 Å². The first-order chi connectivity index (χ1) is 29.8. The van der Waals surface area contributed by atoms with Crippen LogP contribution in [0.1, 0.15) is 23.0 Å². The van der Waals surface area contributed by atoms with Gasteiger partial charge in [0, 0.05) is 104 Å². The van der Waals surface area contributed by atoms with Crippen LogP contribution in [0.4, 0.5) is 17.8 Å². The van der Waals surface area contributed by atoms with Crippen molar-refractivity contribution < 1.29 is 39.1 Å². The zero-order valence-corrected chi connectivity index (χ0v) is 34.2. The summed E-state index contributed by atoms with van der Waals surface area (Å²) in [6.45, 7) is 6.19. The number of rotatable bonds is 23. The van der Waals surface area contributed by atoms with Crippen molar-refractivity contribution in [2.75, 3.05) is 127 Å². The zero-order valence-electron chi connectivity index (χ0n) is 34.2. The molecule has 4 aromatic rings. The third-order valence-electron chi connectivity index (χ3n) is 10.0. The standard InChI is InChI=1S/C39H54N14O8/c1-2-20-59-22-24-61-25-23-60-21-9-40-37-41-38(50-14-10-48(11-15-50)35(57)29-52-27-31(7-18-54)44-46-52)43-39(42-37)51-16-12-49(13-17-51)36(58)34(26-30-3-5-33(56)6-4-30)53-28-32(8-19-55)45-47-53/h1,3-6,27-28,34,54-56H,7-26,29H2,(H,40,41,42,43). The number of terminal acetylenes is 1. The molecule has 61 heavy (non-hydrogen) atoms. The summed E-state index contributed by atoms with van der Waals surface area (Å²) in [5.74, 6) is 3.61. The quantitative estimate of drug-likeness (QED) is 0.0485. The Balaban J connectivity index is 1.09. The van der Waals surface area contributed by atoms with Gasteiger partial charge in [0.25, 0.3) is 0 Å². The van der Waals surface area contributed by atoms with Crippen molar-refractivity contribution in [3.63, 3.8) is 0 Å². The Hall–Kier alpha value is -5.99. The molecule has 22 heteroatoms. The van der Waals surface area contributed by atoms with Gasteiger partial charge in [-0.05, 0) is 17.7 Å². The Morgan fingerprint density at radius 2 is 1.34 bits per heavy atom. The van der Waals surface area contributed by atoms with E-state index in [-0.39, 0.29) is 43.9 Å². The molecule has 328 valence electrons. The summed E-state index contributed by atoms with van der Waals surface area (Å²) in [4.78, 5) is 49.3. The maximum absolute atomic E-state index is 14.2. The fourth-order valence-electron chi connectivity index (χ4n) is 6.74. The van der Waals surface area contributed by atoms with Crippen LogP contribution in [0.5, 0.6) is 5.75 Å². The normalized spacial score (nSPS) is 14.9. The van der Waals surface area contributed by atoms with Gasteiger partial charge in [0.05, 0.1) is 44.4 Å². The number of anilines is 3. The molecule has 2 saturated heterocycles. The zero-order chi connectivity index (χ0) is 42.8. The predicted molar refractivity (Wildman–Crippen MR) is 220 cm³/mol. The lowest BCUT2D eigenvalue weighted by Gasteiger charge is -2.37. The number of phenols is 1. The van der Waals surface area contributed by atoms with Crippen molar-refractivity contribution in [2.24, 2.45) is 0 Å². The smallest absolute Gasteiger partial charge is 0.247 e. The van der Waals surface area contributed by atoms with Gasteiger partial charge in [0.1, 0.15) is 24.9 Å². The van der Waals surface area contributed by atoms with E-state index in [0.717, 1.165) is 5.56 Å². The van der Waals surface area contributed by atoms with E-state index in [2.05, 4.69) is 31.9 Å². The van der Waals surface area contributed by atoms with Gasteiger partial charge in [-0.2, -0.15) is 15.0 Å².